The van der Waals surface area contributed by atoms with E-state index in [4.69, 9.17) is 5.11 Å². The van der Waals surface area contributed by atoms with Crippen LogP contribution in [0.5, 0.6) is 0 Å². The first-order valence-corrected chi connectivity index (χ1v) is 3.51. The Hall–Kier alpha value is -0.810. The summed E-state index contributed by atoms with van der Waals surface area (Å²) in [5.41, 5.74) is -1.70. The molecule has 0 bridgehead atoms. The number of rotatable bonds is 3. The molecule has 0 aromatic rings. The topological polar surface area (TPSA) is 37.3 Å². The lowest BCUT2D eigenvalue weighted by atomic mass is 9.87. The smallest absolute Gasteiger partial charge is 0.419 e. The van der Waals surface area contributed by atoms with Crippen molar-refractivity contribution >= 4 is 5.97 Å². The summed E-state index contributed by atoms with van der Waals surface area (Å²) in [4.78, 5) is 10.3. The van der Waals surface area contributed by atoms with Gasteiger partial charge in [-0.25, -0.2) is 4.39 Å². The third-order valence-corrected chi connectivity index (χ3v) is 1.62. The van der Waals surface area contributed by atoms with Crippen molar-refractivity contribution in [3.05, 3.63) is 0 Å². The van der Waals surface area contributed by atoms with Gasteiger partial charge in [0.2, 0.25) is 0 Å². The van der Waals surface area contributed by atoms with Gasteiger partial charge < -0.3 is 5.11 Å². The highest BCUT2D eigenvalue weighted by Gasteiger charge is 2.45. The minimum absolute atomic E-state index is 1.05. The predicted molar refractivity (Wildman–Crippen MR) is 37.0 cm³/mol. The average Bonchev–Trinajstić information content (AvgIpc) is 1.83. The maximum atomic E-state index is 12.4. The van der Waals surface area contributed by atoms with Gasteiger partial charge >= 0.3 is 12.1 Å². The minimum Gasteiger partial charge on any atom is -0.481 e. The molecule has 6 heteroatoms. The van der Waals surface area contributed by atoms with Crippen LogP contribution < -0.4 is 0 Å². The Morgan fingerprint density at radius 1 is 1.38 bits per heavy atom. The third-order valence-electron chi connectivity index (χ3n) is 1.62. The fourth-order valence-corrected chi connectivity index (χ4v) is 0.651. The molecular formula is C7H10F4O2. The van der Waals surface area contributed by atoms with E-state index in [0.29, 0.717) is 0 Å². The van der Waals surface area contributed by atoms with Crippen LogP contribution in [0.15, 0.2) is 0 Å². The van der Waals surface area contributed by atoms with E-state index in [1.807, 2.05) is 0 Å². The van der Waals surface area contributed by atoms with Crippen molar-refractivity contribution in [2.45, 2.75) is 32.6 Å². The zero-order chi connectivity index (χ0) is 10.9. The molecule has 1 atom stereocenters. The molecule has 0 aliphatic rings. The van der Waals surface area contributed by atoms with E-state index in [1.54, 1.807) is 0 Å². The highest BCUT2D eigenvalue weighted by molar-refractivity contribution is 5.73. The Labute approximate surface area is 72.5 Å². The first-order valence-electron chi connectivity index (χ1n) is 3.51. The number of hydrogen-bond donors (Lipinski definition) is 1. The Morgan fingerprint density at radius 3 is 2.00 bits per heavy atom. The Kier molecular flexibility index (Phi) is 3.29. The largest absolute Gasteiger partial charge is 0.481 e. The summed E-state index contributed by atoms with van der Waals surface area (Å²) in [6.07, 6.45) is -9.13. The lowest BCUT2D eigenvalue weighted by molar-refractivity contribution is -0.190. The molecule has 0 aliphatic heterocycles. The summed E-state index contributed by atoms with van der Waals surface area (Å²) in [6, 6.07) is 0. The number of carboxylic acid groups (broad SMARTS) is 1. The number of aliphatic carboxylic acids is 1. The number of halogens is 4. The highest BCUT2D eigenvalue weighted by atomic mass is 19.4. The Balaban J connectivity index is 4.37. The Bertz CT molecular complexity index is 197. The molecule has 0 radical (unpaired) electrons. The summed E-state index contributed by atoms with van der Waals surface area (Å²) in [5, 5.41) is 8.42. The first kappa shape index (κ1) is 12.2. The molecule has 2 nitrogen and oxygen atoms in total. The lowest BCUT2D eigenvalue weighted by Crippen LogP contribution is -2.34. The fourth-order valence-electron chi connectivity index (χ4n) is 0.651. The molecule has 1 unspecified atom stereocenters. The van der Waals surface area contributed by atoms with Gasteiger partial charge in [-0.3, -0.25) is 4.79 Å². The average molecular weight is 202 g/mol. The minimum atomic E-state index is -4.98. The summed E-state index contributed by atoms with van der Waals surface area (Å²) in [7, 11) is 0. The van der Waals surface area contributed by atoms with Crippen molar-refractivity contribution in [1.82, 2.24) is 0 Å². The standard InChI is InChI=1S/C7H10F4O2/c1-6(2,5(12)13)3-4(8)7(9,10)11/h4H,3H2,1-2H3,(H,12,13). The van der Waals surface area contributed by atoms with E-state index in [0.717, 1.165) is 13.8 Å². The van der Waals surface area contributed by atoms with E-state index in [2.05, 4.69) is 0 Å². The monoisotopic (exact) mass is 202 g/mol. The Morgan fingerprint density at radius 2 is 1.77 bits per heavy atom. The van der Waals surface area contributed by atoms with Gasteiger partial charge in [-0.05, 0) is 13.8 Å². The SMILES string of the molecule is CC(C)(CC(F)C(F)(F)F)C(=O)O. The first-order chi connectivity index (χ1) is 5.57. The van der Waals surface area contributed by atoms with Gasteiger partial charge in [-0.1, -0.05) is 0 Å². The molecule has 13 heavy (non-hydrogen) atoms. The quantitative estimate of drug-likeness (QED) is 0.713. The van der Waals surface area contributed by atoms with E-state index >= 15 is 0 Å². The molecule has 0 rings (SSSR count). The fraction of sp³-hybridized carbons (Fsp3) is 0.857. The molecule has 0 fully saturated rings. The number of carboxylic acids is 1. The molecule has 0 aromatic heterocycles. The van der Waals surface area contributed by atoms with Gasteiger partial charge in [-0.15, -0.1) is 0 Å². The van der Waals surface area contributed by atoms with Gasteiger partial charge in [0.15, 0.2) is 6.17 Å². The molecule has 0 saturated carbocycles. The van der Waals surface area contributed by atoms with E-state index in [-0.39, 0.29) is 0 Å². The summed E-state index contributed by atoms with van der Waals surface area (Å²) in [5.74, 6) is -1.44. The van der Waals surface area contributed by atoms with Crippen molar-refractivity contribution in [3.8, 4) is 0 Å². The van der Waals surface area contributed by atoms with Gasteiger partial charge in [-0.2, -0.15) is 13.2 Å². The second kappa shape index (κ2) is 3.51. The van der Waals surface area contributed by atoms with Gasteiger partial charge in [0, 0.05) is 6.42 Å². The second-order valence-electron chi connectivity index (χ2n) is 3.40. The molecule has 78 valence electrons. The maximum absolute atomic E-state index is 12.4. The molecular weight excluding hydrogens is 192 g/mol. The van der Waals surface area contributed by atoms with E-state index < -0.39 is 30.2 Å². The van der Waals surface area contributed by atoms with Crippen LogP contribution in [-0.2, 0) is 4.79 Å². The van der Waals surface area contributed by atoms with Gasteiger partial charge in [0.25, 0.3) is 0 Å². The summed E-state index contributed by atoms with van der Waals surface area (Å²) < 4.78 is 47.4. The van der Waals surface area contributed by atoms with Crippen LogP contribution in [0, 0.1) is 5.41 Å². The van der Waals surface area contributed by atoms with Crippen LogP contribution in [0.1, 0.15) is 20.3 Å². The zero-order valence-corrected chi connectivity index (χ0v) is 7.15. The maximum Gasteiger partial charge on any atom is 0.419 e. The lowest BCUT2D eigenvalue weighted by Gasteiger charge is -2.22. The van der Waals surface area contributed by atoms with Crippen molar-refractivity contribution < 1.29 is 27.5 Å². The van der Waals surface area contributed by atoms with Crippen LogP contribution in [0.2, 0.25) is 0 Å². The van der Waals surface area contributed by atoms with Crippen molar-refractivity contribution in [2.24, 2.45) is 5.41 Å². The second-order valence-corrected chi connectivity index (χ2v) is 3.40. The molecule has 0 spiro atoms. The molecule has 0 saturated heterocycles. The summed E-state index contributed by atoms with van der Waals surface area (Å²) in [6.45, 7) is 2.10. The number of alkyl halides is 4. The number of carbonyl (C=O) groups is 1. The van der Waals surface area contributed by atoms with E-state index in [9.17, 15) is 22.4 Å². The highest BCUT2D eigenvalue weighted by Crippen LogP contribution is 2.33. The molecule has 0 amide bonds. The van der Waals surface area contributed by atoms with Crippen LogP contribution in [0.3, 0.4) is 0 Å². The molecule has 0 heterocycles. The number of hydrogen-bond acceptors (Lipinski definition) is 1. The normalized spacial score (nSPS) is 15.5. The van der Waals surface area contributed by atoms with Crippen LogP contribution in [0.4, 0.5) is 17.6 Å². The molecule has 0 aliphatic carbocycles. The predicted octanol–water partition coefficient (Wildman–Crippen LogP) is 2.39. The molecule has 1 N–H and O–H groups in total. The van der Waals surface area contributed by atoms with Crippen LogP contribution in [0.25, 0.3) is 0 Å². The van der Waals surface area contributed by atoms with Crippen molar-refractivity contribution in [3.63, 3.8) is 0 Å². The third kappa shape index (κ3) is 3.61. The van der Waals surface area contributed by atoms with E-state index in [1.165, 1.54) is 0 Å². The van der Waals surface area contributed by atoms with Crippen molar-refractivity contribution in [2.75, 3.05) is 0 Å². The van der Waals surface area contributed by atoms with Crippen LogP contribution >= 0.6 is 0 Å². The molecule has 0 aromatic carbocycles. The van der Waals surface area contributed by atoms with Crippen LogP contribution in [-0.4, -0.2) is 23.4 Å². The van der Waals surface area contributed by atoms with Crippen molar-refractivity contribution in [1.29, 1.82) is 0 Å². The van der Waals surface area contributed by atoms with Gasteiger partial charge in [0.05, 0.1) is 5.41 Å². The summed E-state index contributed by atoms with van der Waals surface area (Å²) >= 11 is 0. The van der Waals surface area contributed by atoms with Gasteiger partial charge in [0.1, 0.15) is 0 Å². The zero-order valence-electron chi connectivity index (χ0n) is 7.15.